The summed E-state index contributed by atoms with van der Waals surface area (Å²) < 4.78 is 11.2. The molecule has 4 nitrogen and oxygen atoms in total. The van der Waals surface area contributed by atoms with Crippen LogP contribution in [0.2, 0.25) is 5.02 Å². The van der Waals surface area contributed by atoms with Gasteiger partial charge in [-0.3, -0.25) is 0 Å². The summed E-state index contributed by atoms with van der Waals surface area (Å²) in [5.41, 5.74) is 1.75. The molecule has 21 heavy (non-hydrogen) atoms. The molecule has 0 saturated carbocycles. The van der Waals surface area contributed by atoms with E-state index < -0.39 is 0 Å². The minimum absolute atomic E-state index is 0.418. The Balaban J connectivity index is 1.81. The van der Waals surface area contributed by atoms with E-state index in [-0.39, 0.29) is 0 Å². The van der Waals surface area contributed by atoms with E-state index in [9.17, 15) is 0 Å². The Kier molecular flexibility index (Phi) is 5.46. The van der Waals surface area contributed by atoms with Gasteiger partial charge in [-0.15, -0.1) is 0 Å². The minimum Gasteiger partial charge on any atom is -0.490 e. The second-order valence-electron chi connectivity index (χ2n) is 4.42. The largest absolute Gasteiger partial charge is 0.490 e. The first-order chi connectivity index (χ1) is 10.2. The third kappa shape index (κ3) is 4.68. The summed E-state index contributed by atoms with van der Waals surface area (Å²) in [6.07, 6.45) is 1.35. The molecule has 0 radical (unpaired) electrons. The van der Waals surface area contributed by atoms with Gasteiger partial charge in [-0.1, -0.05) is 28.9 Å². The Labute approximate surface area is 128 Å². The van der Waals surface area contributed by atoms with Crippen LogP contribution in [0.4, 0.5) is 0 Å². The van der Waals surface area contributed by atoms with E-state index in [0.717, 1.165) is 21.9 Å². The van der Waals surface area contributed by atoms with Crippen LogP contribution < -0.4 is 9.47 Å². The van der Waals surface area contributed by atoms with E-state index in [0.29, 0.717) is 19.0 Å². The van der Waals surface area contributed by atoms with E-state index in [1.54, 1.807) is 6.07 Å². The predicted molar refractivity (Wildman–Crippen MR) is 83.0 cm³/mol. The van der Waals surface area contributed by atoms with E-state index in [1.165, 1.54) is 6.21 Å². The number of hydrogen-bond donors (Lipinski definition) is 1. The van der Waals surface area contributed by atoms with Gasteiger partial charge in [0.1, 0.15) is 24.7 Å². The molecule has 2 rings (SSSR count). The van der Waals surface area contributed by atoms with Gasteiger partial charge in [-0.2, -0.15) is 0 Å². The van der Waals surface area contributed by atoms with E-state index in [2.05, 4.69) is 5.16 Å². The third-order valence-corrected chi connectivity index (χ3v) is 3.24. The van der Waals surface area contributed by atoms with Crippen LogP contribution >= 0.6 is 11.6 Å². The topological polar surface area (TPSA) is 51.0 Å². The second kappa shape index (κ2) is 7.55. The quantitative estimate of drug-likeness (QED) is 0.381. The molecule has 0 spiro atoms. The Morgan fingerprint density at radius 2 is 1.81 bits per heavy atom. The molecule has 0 aliphatic rings. The number of rotatable bonds is 6. The monoisotopic (exact) mass is 305 g/mol. The molecule has 0 aliphatic heterocycles. The van der Waals surface area contributed by atoms with Gasteiger partial charge in [0.25, 0.3) is 0 Å². The molecule has 0 aliphatic carbocycles. The first-order valence-corrected chi connectivity index (χ1v) is 6.86. The Bertz CT molecular complexity index is 629. The molecular weight excluding hydrogens is 290 g/mol. The lowest BCUT2D eigenvalue weighted by molar-refractivity contribution is 0.217. The Hall–Kier alpha value is -2.20. The van der Waals surface area contributed by atoms with Crippen LogP contribution in [-0.4, -0.2) is 24.6 Å². The van der Waals surface area contributed by atoms with Crippen LogP contribution in [0.25, 0.3) is 0 Å². The van der Waals surface area contributed by atoms with Crippen LogP contribution in [0.15, 0.2) is 47.6 Å². The van der Waals surface area contributed by atoms with Gasteiger partial charge >= 0.3 is 0 Å². The van der Waals surface area contributed by atoms with Crippen molar-refractivity contribution in [2.24, 2.45) is 5.16 Å². The average Bonchev–Trinajstić information content (AvgIpc) is 2.48. The number of hydrogen-bond acceptors (Lipinski definition) is 4. The van der Waals surface area contributed by atoms with Crippen LogP contribution in [0.5, 0.6) is 11.5 Å². The summed E-state index contributed by atoms with van der Waals surface area (Å²) in [6, 6.07) is 12.8. The fraction of sp³-hybridized carbons (Fsp3) is 0.188. The second-order valence-corrected chi connectivity index (χ2v) is 4.83. The number of aryl methyl sites for hydroxylation is 1. The van der Waals surface area contributed by atoms with Crippen LogP contribution in [0.3, 0.4) is 0 Å². The molecule has 0 aromatic heterocycles. The maximum atomic E-state index is 8.49. The van der Waals surface area contributed by atoms with E-state index >= 15 is 0 Å². The van der Waals surface area contributed by atoms with Gasteiger partial charge in [0, 0.05) is 5.02 Å². The number of nitrogens with zero attached hydrogens (tertiary/aromatic N) is 1. The fourth-order valence-corrected chi connectivity index (χ4v) is 1.89. The van der Waals surface area contributed by atoms with Gasteiger partial charge in [-0.25, -0.2) is 0 Å². The molecule has 0 saturated heterocycles. The summed E-state index contributed by atoms with van der Waals surface area (Å²) >= 11 is 5.95. The molecular formula is C16H16ClNO3. The zero-order valence-electron chi connectivity index (χ0n) is 11.6. The maximum Gasteiger partial charge on any atom is 0.122 e. The lowest BCUT2D eigenvalue weighted by Gasteiger charge is -2.09. The number of benzene rings is 2. The molecule has 0 bridgehead atoms. The zero-order chi connectivity index (χ0) is 15.1. The summed E-state index contributed by atoms with van der Waals surface area (Å²) in [5, 5.41) is 12.2. The van der Waals surface area contributed by atoms with Crippen molar-refractivity contribution >= 4 is 17.8 Å². The summed E-state index contributed by atoms with van der Waals surface area (Å²) in [6.45, 7) is 2.78. The highest BCUT2D eigenvalue weighted by atomic mass is 35.5. The first-order valence-electron chi connectivity index (χ1n) is 6.48. The third-order valence-electron chi connectivity index (χ3n) is 2.82. The number of halogens is 1. The SMILES string of the molecule is Cc1cc(OCCOc2cccc(C=NO)c2)ccc1Cl. The highest BCUT2D eigenvalue weighted by Gasteiger charge is 1.99. The summed E-state index contributed by atoms with van der Waals surface area (Å²) in [4.78, 5) is 0. The minimum atomic E-state index is 0.418. The van der Waals surface area contributed by atoms with Gasteiger partial charge in [-0.05, 0) is 48.4 Å². The van der Waals surface area contributed by atoms with Crippen LogP contribution in [0, 0.1) is 6.92 Å². The molecule has 1 N–H and O–H groups in total. The number of ether oxygens (including phenoxy) is 2. The lowest BCUT2D eigenvalue weighted by Crippen LogP contribution is -2.09. The van der Waals surface area contributed by atoms with Crippen molar-refractivity contribution in [3.05, 3.63) is 58.6 Å². The predicted octanol–water partition coefficient (Wildman–Crippen LogP) is 3.91. The van der Waals surface area contributed by atoms with Gasteiger partial charge in [0.15, 0.2) is 0 Å². The maximum absolute atomic E-state index is 8.49. The van der Waals surface area contributed by atoms with Crippen molar-refractivity contribution in [1.82, 2.24) is 0 Å². The van der Waals surface area contributed by atoms with Crippen molar-refractivity contribution in [3.63, 3.8) is 0 Å². The van der Waals surface area contributed by atoms with E-state index in [4.69, 9.17) is 26.3 Å². The average molecular weight is 306 g/mol. The highest BCUT2D eigenvalue weighted by Crippen LogP contribution is 2.21. The van der Waals surface area contributed by atoms with Gasteiger partial charge in [0.2, 0.25) is 0 Å². The summed E-state index contributed by atoms with van der Waals surface area (Å²) in [5.74, 6) is 1.46. The standard InChI is InChI=1S/C16H16ClNO3/c1-12-9-15(5-6-16(12)17)21-8-7-20-14-4-2-3-13(10-14)11-18-19/h2-6,9-11,19H,7-8H2,1H3. The molecule has 2 aromatic rings. The van der Waals surface area contributed by atoms with Crippen molar-refractivity contribution in [2.75, 3.05) is 13.2 Å². The Morgan fingerprint density at radius 1 is 1.10 bits per heavy atom. The fourth-order valence-electron chi connectivity index (χ4n) is 1.78. The Morgan fingerprint density at radius 3 is 2.48 bits per heavy atom. The molecule has 0 unspecified atom stereocenters. The van der Waals surface area contributed by atoms with Gasteiger partial charge < -0.3 is 14.7 Å². The lowest BCUT2D eigenvalue weighted by atomic mass is 10.2. The smallest absolute Gasteiger partial charge is 0.122 e. The van der Waals surface area contributed by atoms with Crippen molar-refractivity contribution in [2.45, 2.75) is 6.92 Å². The zero-order valence-corrected chi connectivity index (χ0v) is 12.4. The highest BCUT2D eigenvalue weighted by molar-refractivity contribution is 6.31. The molecule has 110 valence electrons. The molecule has 0 amide bonds. The van der Waals surface area contributed by atoms with Gasteiger partial charge in [0.05, 0.1) is 6.21 Å². The number of oxime groups is 1. The van der Waals surface area contributed by atoms with Crippen molar-refractivity contribution in [1.29, 1.82) is 0 Å². The first kappa shape index (κ1) is 15.2. The van der Waals surface area contributed by atoms with Crippen LogP contribution in [0.1, 0.15) is 11.1 Å². The van der Waals surface area contributed by atoms with E-state index in [1.807, 2.05) is 43.3 Å². The molecule has 2 aromatic carbocycles. The molecule has 0 atom stereocenters. The summed E-state index contributed by atoms with van der Waals surface area (Å²) in [7, 11) is 0. The van der Waals surface area contributed by atoms with Crippen LogP contribution in [-0.2, 0) is 0 Å². The van der Waals surface area contributed by atoms with Crippen molar-refractivity contribution in [3.8, 4) is 11.5 Å². The molecule has 5 heteroatoms. The normalized spacial score (nSPS) is 10.8. The van der Waals surface area contributed by atoms with Crippen molar-refractivity contribution < 1.29 is 14.7 Å². The molecule has 0 heterocycles. The molecule has 0 fully saturated rings.